The first-order chi connectivity index (χ1) is 14.1. The molecule has 1 aliphatic heterocycles. The van der Waals surface area contributed by atoms with Crippen molar-refractivity contribution in [2.24, 2.45) is 11.8 Å². The maximum Gasteiger partial charge on any atom is 0.407 e. The molecule has 164 valence electrons. The van der Waals surface area contributed by atoms with Crippen LogP contribution in [0.1, 0.15) is 67.9 Å². The average Bonchev–Trinajstić information content (AvgIpc) is 3.11. The van der Waals surface area contributed by atoms with Crippen molar-refractivity contribution in [2.45, 2.75) is 64.0 Å². The van der Waals surface area contributed by atoms with Crippen LogP contribution in [-0.2, 0) is 0 Å². The number of nitrogens with zero attached hydrogens (tertiary/aromatic N) is 4. The molecule has 0 spiro atoms. The van der Waals surface area contributed by atoms with Crippen molar-refractivity contribution in [2.75, 3.05) is 13.1 Å². The summed E-state index contributed by atoms with van der Waals surface area (Å²) < 4.78 is 40.8. The minimum absolute atomic E-state index is 0.00208. The van der Waals surface area contributed by atoms with E-state index in [2.05, 4.69) is 11.9 Å². The topological polar surface area (TPSA) is 70.7 Å². The molecule has 30 heavy (non-hydrogen) atoms. The number of hydrogen-bond donors (Lipinski definition) is 1. The van der Waals surface area contributed by atoms with Crippen molar-refractivity contribution in [3.8, 4) is 0 Å². The van der Waals surface area contributed by atoms with E-state index in [4.69, 9.17) is 5.10 Å². The lowest BCUT2D eigenvalue weighted by molar-refractivity contribution is -0.182. The van der Waals surface area contributed by atoms with Crippen LogP contribution in [0.15, 0.2) is 12.1 Å². The van der Waals surface area contributed by atoms with Gasteiger partial charge in [0.2, 0.25) is 0 Å². The van der Waals surface area contributed by atoms with Crippen molar-refractivity contribution in [1.82, 2.24) is 19.5 Å². The molecule has 1 aliphatic carbocycles. The molecule has 2 aromatic rings. The predicted octanol–water partition coefficient (Wildman–Crippen LogP) is 4.98. The van der Waals surface area contributed by atoms with Crippen LogP contribution in [0.5, 0.6) is 0 Å². The summed E-state index contributed by atoms with van der Waals surface area (Å²) in [6.45, 7) is 4.94. The second kappa shape index (κ2) is 7.74. The zero-order valence-electron chi connectivity index (χ0n) is 17.2. The smallest absolute Gasteiger partial charge is 0.407 e. The van der Waals surface area contributed by atoms with Gasteiger partial charge in [0, 0.05) is 36.7 Å². The Labute approximate surface area is 173 Å². The summed E-state index contributed by atoms with van der Waals surface area (Å²) in [5.41, 5.74) is 3.21. The molecule has 1 amide bonds. The van der Waals surface area contributed by atoms with Gasteiger partial charge in [-0.25, -0.2) is 14.3 Å². The number of alkyl halides is 3. The van der Waals surface area contributed by atoms with Gasteiger partial charge in [-0.3, -0.25) is 0 Å². The summed E-state index contributed by atoms with van der Waals surface area (Å²) in [7, 11) is 0. The highest BCUT2D eigenvalue weighted by Gasteiger charge is 2.42. The predicted molar refractivity (Wildman–Crippen MR) is 105 cm³/mol. The number of halogens is 3. The maximum absolute atomic E-state index is 13.0. The molecule has 9 heteroatoms. The van der Waals surface area contributed by atoms with Crippen molar-refractivity contribution in [1.29, 1.82) is 0 Å². The molecule has 2 aromatic heterocycles. The fraction of sp³-hybridized carbons (Fsp3) is 0.667. The van der Waals surface area contributed by atoms with Gasteiger partial charge in [-0.15, -0.1) is 0 Å². The van der Waals surface area contributed by atoms with Crippen LogP contribution < -0.4 is 0 Å². The van der Waals surface area contributed by atoms with E-state index in [1.54, 1.807) is 4.52 Å². The molecule has 0 unspecified atom stereocenters. The number of carbonyl (C=O) groups is 1. The fourth-order valence-corrected chi connectivity index (χ4v) is 4.95. The van der Waals surface area contributed by atoms with E-state index in [0.717, 1.165) is 23.5 Å². The summed E-state index contributed by atoms with van der Waals surface area (Å²) in [6, 6.07) is 3.84. The molecular weight excluding hydrogens is 397 g/mol. The van der Waals surface area contributed by atoms with Gasteiger partial charge < -0.3 is 10.0 Å². The Morgan fingerprint density at radius 1 is 1.17 bits per heavy atom. The van der Waals surface area contributed by atoms with Crippen LogP contribution in [0, 0.1) is 18.8 Å². The third-order valence-corrected chi connectivity index (χ3v) is 6.82. The first kappa shape index (κ1) is 20.9. The van der Waals surface area contributed by atoms with Crippen molar-refractivity contribution in [3.63, 3.8) is 0 Å². The number of fused-ring (bicyclic) bond motifs is 1. The van der Waals surface area contributed by atoms with Crippen LogP contribution >= 0.6 is 0 Å². The molecular formula is C21H27F3N4O2. The van der Waals surface area contributed by atoms with Crippen LogP contribution in [0.25, 0.3) is 5.65 Å². The van der Waals surface area contributed by atoms with Gasteiger partial charge in [-0.05, 0) is 51.0 Å². The van der Waals surface area contributed by atoms with E-state index in [1.165, 1.54) is 4.90 Å². The Morgan fingerprint density at radius 2 is 1.87 bits per heavy atom. The third kappa shape index (κ3) is 3.98. The highest BCUT2D eigenvalue weighted by molar-refractivity contribution is 5.65. The molecule has 1 saturated heterocycles. The van der Waals surface area contributed by atoms with E-state index in [-0.39, 0.29) is 24.7 Å². The molecule has 0 bridgehead atoms. The van der Waals surface area contributed by atoms with Gasteiger partial charge in [0.1, 0.15) is 0 Å². The lowest BCUT2D eigenvalue weighted by atomic mass is 9.80. The summed E-state index contributed by atoms with van der Waals surface area (Å²) in [5.74, 6) is -0.933. The summed E-state index contributed by atoms with van der Waals surface area (Å²) >= 11 is 0. The van der Waals surface area contributed by atoms with Gasteiger partial charge in [0.15, 0.2) is 5.65 Å². The second-order valence-electron chi connectivity index (χ2n) is 8.85. The van der Waals surface area contributed by atoms with Crippen LogP contribution in [0.2, 0.25) is 0 Å². The average molecular weight is 424 g/mol. The molecule has 3 heterocycles. The Morgan fingerprint density at radius 3 is 2.50 bits per heavy atom. The Kier molecular flexibility index (Phi) is 5.40. The third-order valence-electron chi connectivity index (χ3n) is 6.82. The normalized spacial score (nSPS) is 28.1. The van der Waals surface area contributed by atoms with E-state index in [0.29, 0.717) is 37.5 Å². The van der Waals surface area contributed by atoms with Gasteiger partial charge in [-0.1, -0.05) is 6.92 Å². The minimum atomic E-state index is -4.12. The Hall–Kier alpha value is -2.32. The van der Waals surface area contributed by atoms with E-state index in [1.807, 2.05) is 19.1 Å². The number of amides is 1. The molecule has 1 N–H and O–H groups in total. The number of aromatic nitrogens is 3. The largest absolute Gasteiger partial charge is 0.465 e. The fourth-order valence-electron chi connectivity index (χ4n) is 4.95. The molecule has 2 atom stereocenters. The van der Waals surface area contributed by atoms with Gasteiger partial charge in [0.25, 0.3) is 0 Å². The molecule has 1 saturated carbocycles. The Bertz CT molecular complexity index is 934. The highest BCUT2D eigenvalue weighted by atomic mass is 19.4. The van der Waals surface area contributed by atoms with Gasteiger partial charge in [-0.2, -0.15) is 18.3 Å². The van der Waals surface area contributed by atoms with Crippen LogP contribution in [-0.4, -0.2) is 50.0 Å². The first-order valence-electron chi connectivity index (χ1n) is 10.5. The van der Waals surface area contributed by atoms with Crippen LogP contribution in [0.4, 0.5) is 18.0 Å². The van der Waals surface area contributed by atoms with Gasteiger partial charge in [0.05, 0.1) is 17.3 Å². The maximum atomic E-state index is 13.0. The number of rotatable bonds is 2. The minimum Gasteiger partial charge on any atom is -0.465 e. The number of carboxylic acid groups (broad SMARTS) is 1. The standard InChI is InChI=1S/C21H27F3N4O2/c1-12-7-8-27(20(29)30)11-16(12)18-9-13(2)25-19-10-17(26-28(18)19)14-3-5-15(6-4-14)21(22,23)24/h9-10,12,14-16H,3-8,11H2,1-2H3,(H,29,30)/t12-,14?,15?,16+/m0/s1. The van der Waals surface area contributed by atoms with E-state index < -0.39 is 18.2 Å². The lowest BCUT2D eigenvalue weighted by Crippen LogP contribution is -2.42. The molecule has 0 aromatic carbocycles. The molecule has 0 radical (unpaired) electrons. The summed E-state index contributed by atoms with van der Waals surface area (Å²) in [6.07, 6.45) is -3.07. The number of hydrogen-bond acceptors (Lipinski definition) is 3. The second-order valence-corrected chi connectivity index (χ2v) is 8.85. The first-order valence-corrected chi connectivity index (χ1v) is 10.5. The monoisotopic (exact) mass is 424 g/mol. The zero-order chi connectivity index (χ0) is 21.6. The molecule has 4 rings (SSSR count). The highest BCUT2D eigenvalue weighted by Crippen LogP contribution is 2.43. The number of aryl methyl sites for hydroxylation is 1. The quantitative estimate of drug-likeness (QED) is 0.738. The SMILES string of the molecule is Cc1cc([C@@H]2CN(C(=O)O)CC[C@@H]2C)n2nc(C3CCC(C(F)(F)F)CC3)cc2n1. The molecule has 6 nitrogen and oxygen atoms in total. The molecule has 2 fully saturated rings. The lowest BCUT2D eigenvalue weighted by Gasteiger charge is -2.35. The van der Waals surface area contributed by atoms with E-state index >= 15 is 0 Å². The Balaban J connectivity index is 1.63. The zero-order valence-corrected chi connectivity index (χ0v) is 17.2. The van der Waals surface area contributed by atoms with Crippen molar-refractivity contribution in [3.05, 3.63) is 29.2 Å². The van der Waals surface area contributed by atoms with E-state index in [9.17, 15) is 23.1 Å². The van der Waals surface area contributed by atoms with Crippen molar-refractivity contribution < 1.29 is 23.1 Å². The number of piperidine rings is 1. The summed E-state index contributed by atoms with van der Waals surface area (Å²) in [5, 5.41) is 14.2. The van der Waals surface area contributed by atoms with Gasteiger partial charge >= 0.3 is 12.3 Å². The summed E-state index contributed by atoms with van der Waals surface area (Å²) in [4.78, 5) is 17.5. The van der Waals surface area contributed by atoms with Crippen LogP contribution in [0.3, 0.4) is 0 Å². The number of likely N-dealkylation sites (tertiary alicyclic amines) is 1. The molecule has 2 aliphatic rings. The van der Waals surface area contributed by atoms with Crippen molar-refractivity contribution >= 4 is 11.7 Å².